The molecule has 110 valence electrons. The maximum absolute atomic E-state index is 11.5. The van der Waals surface area contributed by atoms with Crippen molar-refractivity contribution in [3.8, 4) is 5.75 Å². The van der Waals surface area contributed by atoms with E-state index in [2.05, 4.69) is 11.9 Å². The number of carbonyl (C=O) groups excluding carboxylic acids is 1. The maximum Gasteiger partial charge on any atom is 0.338 e. The van der Waals surface area contributed by atoms with Gasteiger partial charge in [-0.15, -0.1) is 0 Å². The number of rotatable bonds is 5. The Morgan fingerprint density at radius 3 is 2.50 bits per heavy atom. The molecule has 4 heteroatoms. The molecule has 0 atom stereocenters. The van der Waals surface area contributed by atoms with Gasteiger partial charge < -0.3 is 14.4 Å². The van der Waals surface area contributed by atoms with E-state index >= 15 is 0 Å². The monoisotopic (exact) mass is 277 g/mol. The molecular weight excluding hydrogens is 254 g/mol. The summed E-state index contributed by atoms with van der Waals surface area (Å²) >= 11 is 0. The van der Waals surface area contributed by atoms with Crippen molar-refractivity contribution >= 4 is 5.97 Å². The molecule has 1 aromatic carbocycles. The summed E-state index contributed by atoms with van der Waals surface area (Å²) in [4.78, 5) is 13.9. The molecule has 0 amide bonds. The molecule has 0 spiro atoms. The van der Waals surface area contributed by atoms with E-state index in [0.29, 0.717) is 18.1 Å². The number of hydrogen-bond donors (Lipinski definition) is 0. The molecule has 0 aromatic heterocycles. The summed E-state index contributed by atoms with van der Waals surface area (Å²) in [6.45, 7) is 5.25. The summed E-state index contributed by atoms with van der Waals surface area (Å²) in [5.74, 6) is 1.17. The zero-order valence-corrected chi connectivity index (χ0v) is 12.3. The minimum absolute atomic E-state index is 0.283. The van der Waals surface area contributed by atoms with E-state index in [1.165, 1.54) is 12.8 Å². The van der Waals surface area contributed by atoms with Gasteiger partial charge in [0.05, 0.1) is 18.8 Å². The second-order valence-corrected chi connectivity index (χ2v) is 5.30. The fourth-order valence-corrected chi connectivity index (χ4v) is 2.34. The van der Waals surface area contributed by atoms with Crippen molar-refractivity contribution in [2.75, 3.05) is 33.4 Å². The molecule has 1 aromatic rings. The molecule has 0 radical (unpaired) electrons. The van der Waals surface area contributed by atoms with Crippen LogP contribution in [0.2, 0.25) is 0 Å². The van der Waals surface area contributed by atoms with E-state index < -0.39 is 0 Å². The van der Waals surface area contributed by atoms with Gasteiger partial charge in [0.25, 0.3) is 0 Å². The Hall–Kier alpha value is -1.55. The third-order valence-corrected chi connectivity index (χ3v) is 3.69. The number of nitrogens with zero attached hydrogens (tertiary/aromatic N) is 1. The summed E-state index contributed by atoms with van der Waals surface area (Å²) in [5.41, 5.74) is 0.568. The van der Waals surface area contributed by atoms with E-state index in [1.807, 2.05) is 12.1 Å². The van der Waals surface area contributed by atoms with Gasteiger partial charge in [-0.05, 0) is 70.1 Å². The van der Waals surface area contributed by atoms with Crippen molar-refractivity contribution in [3.63, 3.8) is 0 Å². The molecule has 0 N–H and O–H groups in total. The molecule has 0 aliphatic carbocycles. The predicted octanol–water partition coefficient (Wildman–Crippen LogP) is 2.58. The molecule has 1 fully saturated rings. The quantitative estimate of drug-likeness (QED) is 0.775. The van der Waals surface area contributed by atoms with Crippen molar-refractivity contribution in [1.29, 1.82) is 0 Å². The lowest BCUT2D eigenvalue weighted by molar-refractivity contribution is 0.0526. The van der Waals surface area contributed by atoms with E-state index in [4.69, 9.17) is 9.47 Å². The molecule has 1 aliphatic rings. The van der Waals surface area contributed by atoms with Crippen LogP contribution in [0, 0.1) is 5.92 Å². The van der Waals surface area contributed by atoms with Crippen LogP contribution in [0.25, 0.3) is 0 Å². The minimum Gasteiger partial charge on any atom is -0.493 e. The minimum atomic E-state index is -0.283. The zero-order valence-electron chi connectivity index (χ0n) is 12.3. The van der Waals surface area contributed by atoms with E-state index in [1.54, 1.807) is 19.1 Å². The maximum atomic E-state index is 11.5. The summed E-state index contributed by atoms with van der Waals surface area (Å²) in [6, 6.07) is 7.17. The fourth-order valence-electron chi connectivity index (χ4n) is 2.34. The molecule has 1 heterocycles. The van der Waals surface area contributed by atoms with Gasteiger partial charge in [-0.2, -0.15) is 0 Å². The van der Waals surface area contributed by atoms with Crippen molar-refractivity contribution in [3.05, 3.63) is 29.8 Å². The second kappa shape index (κ2) is 7.29. The normalized spacial score (nSPS) is 16.9. The molecule has 0 saturated carbocycles. The van der Waals surface area contributed by atoms with Gasteiger partial charge in [0.1, 0.15) is 5.75 Å². The van der Waals surface area contributed by atoms with Crippen LogP contribution >= 0.6 is 0 Å². The van der Waals surface area contributed by atoms with E-state index in [0.717, 1.165) is 25.4 Å². The van der Waals surface area contributed by atoms with E-state index in [9.17, 15) is 4.79 Å². The van der Waals surface area contributed by atoms with Gasteiger partial charge in [-0.1, -0.05) is 0 Å². The highest BCUT2D eigenvalue weighted by molar-refractivity contribution is 5.89. The lowest BCUT2D eigenvalue weighted by atomic mass is 9.98. The van der Waals surface area contributed by atoms with E-state index in [-0.39, 0.29) is 5.97 Å². The summed E-state index contributed by atoms with van der Waals surface area (Å²) < 4.78 is 10.8. The Bertz CT molecular complexity index is 422. The first-order valence-electron chi connectivity index (χ1n) is 7.27. The lowest BCUT2D eigenvalue weighted by Crippen LogP contribution is -2.32. The number of carbonyl (C=O) groups is 1. The first kappa shape index (κ1) is 14.9. The summed E-state index contributed by atoms with van der Waals surface area (Å²) in [7, 11) is 2.16. The van der Waals surface area contributed by atoms with Crippen LogP contribution in [0.1, 0.15) is 30.1 Å². The molecule has 1 saturated heterocycles. The van der Waals surface area contributed by atoms with Crippen LogP contribution in [-0.2, 0) is 4.74 Å². The third-order valence-electron chi connectivity index (χ3n) is 3.69. The van der Waals surface area contributed by atoms with Gasteiger partial charge in [-0.3, -0.25) is 0 Å². The number of ether oxygens (including phenoxy) is 2. The topological polar surface area (TPSA) is 38.8 Å². The molecule has 0 unspecified atom stereocenters. The number of piperidine rings is 1. The zero-order chi connectivity index (χ0) is 14.4. The van der Waals surface area contributed by atoms with Crippen molar-refractivity contribution in [1.82, 2.24) is 4.90 Å². The number of esters is 1. The van der Waals surface area contributed by atoms with Gasteiger partial charge in [0.15, 0.2) is 0 Å². The Kier molecular flexibility index (Phi) is 5.41. The van der Waals surface area contributed by atoms with Crippen molar-refractivity contribution < 1.29 is 14.3 Å². The van der Waals surface area contributed by atoms with Crippen LogP contribution in [0.5, 0.6) is 5.75 Å². The SMILES string of the molecule is CCOC(=O)c1ccc(OCC2CCN(C)CC2)cc1. The molecule has 1 aliphatic heterocycles. The summed E-state index contributed by atoms with van der Waals surface area (Å²) in [5, 5.41) is 0. The van der Waals surface area contributed by atoms with Crippen LogP contribution in [0.4, 0.5) is 0 Å². The van der Waals surface area contributed by atoms with Gasteiger partial charge in [0.2, 0.25) is 0 Å². The largest absolute Gasteiger partial charge is 0.493 e. The molecular formula is C16H23NO3. The summed E-state index contributed by atoms with van der Waals surface area (Å²) in [6.07, 6.45) is 2.38. The Morgan fingerprint density at radius 1 is 1.25 bits per heavy atom. The number of benzene rings is 1. The highest BCUT2D eigenvalue weighted by Gasteiger charge is 2.17. The highest BCUT2D eigenvalue weighted by Crippen LogP contribution is 2.19. The first-order valence-corrected chi connectivity index (χ1v) is 7.27. The van der Waals surface area contributed by atoms with Crippen LogP contribution in [0.3, 0.4) is 0 Å². The van der Waals surface area contributed by atoms with Crippen LogP contribution < -0.4 is 4.74 Å². The van der Waals surface area contributed by atoms with Gasteiger partial charge >= 0.3 is 5.97 Å². The standard InChI is InChI=1S/C16H23NO3/c1-3-19-16(18)14-4-6-15(7-5-14)20-12-13-8-10-17(2)11-9-13/h4-7,13H,3,8-12H2,1-2H3. The van der Waals surface area contributed by atoms with Gasteiger partial charge in [-0.25, -0.2) is 4.79 Å². The average molecular weight is 277 g/mol. The Labute approximate surface area is 120 Å². The number of likely N-dealkylation sites (tertiary alicyclic amines) is 1. The van der Waals surface area contributed by atoms with Crippen LogP contribution in [-0.4, -0.2) is 44.2 Å². The Morgan fingerprint density at radius 2 is 1.90 bits per heavy atom. The van der Waals surface area contributed by atoms with Crippen molar-refractivity contribution in [2.45, 2.75) is 19.8 Å². The molecule has 0 bridgehead atoms. The predicted molar refractivity (Wildman–Crippen MR) is 78.1 cm³/mol. The highest BCUT2D eigenvalue weighted by atomic mass is 16.5. The molecule has 4 nitrogen and oxygen atoms in total. The number of hydrogen-bond acceptors (Lipinski definition) is 4. The Balaban J connectivity index is 1.80. The lowest BCUT2D eigenvalue weighted by Gasteiger charge is -2.28. The molecule has 20 heavy (non-hydrogen) atoms. The fraction of sp³-hybridized carbons (Fsp3) is 0.562. The van der Waals surface area contributed by atoms with Crippen LogP contribution in [0.15, 0.2) is 24.3 Å². The van der Waals surface area contributed by atoms with Crippen molar-refractivity contribution in [2.24, 2.45) is 5.92 Å². The second-order valence-electron chi connectivity index (χ2n) is 5.30. The molecule has 2 rings (SSSR count). The smallest absolute Gasteiger partial charge is 0.338 e. The third kappa shape index (κ3) is 4.23. The average Bonchev–Trinajstić information content (AvgIpc) is 2.47. The van der Waals surface area contributed by atoms with Gasteiger partial charge in [0, 0.05) is 0 Å². The first-order chi connectivity index (χ1) is 9.69.